The summed E-state index contributed by atoms with van der Waals surface area (Å²) in [6, 6.07) is 9.48. The Morgan fingerprint density at radius 1 is 1.53 bits per heavy atom. The highest BCUT2D eigenvalue weighted by molar-refractivity contribution is 9.09. The number of alkyl halides is 1. The van der Waals surface area contributed by atoms with E-state index in [1.54, 1.807) is 16.9 Å². The Bertz CT molecular complexity index is 655. The number of nitriles is 1. The third kappa shape index (κ3) is 2.91. The lowest BCUT2D eigenvalue weighted by atomic mass is 10.1. The van der Waals surface area contributed by atoms with E-state index in [0.717, 1.165) is 11.3 Å². The van der Waals surface area contributed by atoms with Crippen LogP contribution in [0.3, 0.4) is 0 Å². The number of ketones is 1. The molecule has 0 amide bonds. The minimum absolute atomic E-state index is 0.0227. The van der Waals surface area contributed by atoms with Crippen LogP contribution >= 0.6 is 15.9 Å². The van der Waals surface area contributed by atoms with Gasteiger partial charge in [-0.05, 0) is 24.6 Å². The zero-order valence-electron chi connectivity index (χ0n) is 10.4. The van der Waals surface area contributed by atoms with Gasteiger partial charge in [-0.25, -0.2) is 0 Å². The van der Waals surface area contributed by atoms with Crippen LogP contribution in [0.25, 0.3) is 0 Å². The number of hydrogen-bond donors (Lipinski definition) is 0. The van der Waals surface area contributed by atoms with E-state index in [-0.39, 0.29) is 5.78 Å². The summed E-state index contributed by atoms with van der Waals surface area (Å²) < 4.78 is 1.77. The van der Waals surface area contributed by atoms with Crippen LogP contribution in [0, 0.1) is 18.3 Å². The van der Waals surface area contributed by atoms with Gasteiger partial charge in [0.1, 0.15) is 0 Å². The number of rotatable bonds is 4. The SMILES string of the molecule is Cc1c(C(=O)CBr)cnn1Cc1cccc(C#N)c1. The van der Waals surface area contributed by atoms with Crippen molar-refractivity contribution < 1.29 is 4.79 Å². The molecule has 1 aromatic carbocycles. The second kappa shape index (κ2) is 5.81. The Morgan fingerprint density at radius 2 is 2.32 bits per heavy atom. The Balaban J connectivity index is 2.27. The van der Waals surface area contributed by atoms with E-state index in [1.807, 2.05) is 25.1 Å². The summed E-state index contributed by atoms with van der Waals surface area (Å²) in [5.74, 6) is 0.0227. The first kappa shape index (κ1) is 13.5. The van der Waals surface area contributed by atoms with Gasteiger partial charge in [0.25, 0.3) is 0 Å². The second-order valence-corrected chi connectivity index (χ2v) is 4.73. The Kier molecular flexibility index (Phi) is 4.13. The van der Waals surface area contributed by atoms with Gasteiger partial charge in [-0.3, -0.25) is 9.48 Å². The summed E-state index contributed by atoms with van der Waals surface area (Å²) in [4.78, 5) is 11.7. The van der Waals surface area contributed by atoms with Gasteiger partial charge in [0.2, 0.25) is 0 Å². The molecule has 0 aliphatic carbocycles. The molecule has 0 spiro atoms. The van der Waals surface area contributed by atoms with Crippen molar-refractivity contribution in [3.05, 3.63) is 52.8 Å². The molecular formula is C14H12BrN3O. The van der Waals surface area contributed by atoms with Gasteiger partial charge >= 0.3 is 0 Å². The van der Waals surface area contributed by atoms with Crippen molar-refractivity contribution in [2.75, 3.05) is 5.33 Å². The van der Waals surface area contributed by atoms with E-state index in [2.05, 4.69) is 27.1 Å². The number of carbonyl (C=O) groups excluding carboxylic acids is 1. The average molecular weight is 318 g/mol. The lowest BCUT2D eigenvalue weighted by Gasteiger charge is -2.05. The fraction of sp³-hybridized carbons (Fsp3) is 0.214. The molecule has 0 N–H and O–H groups in total. The summed E-state index contributed by atoms with van der Waals surface area (Å²) in [5, 5.41) is 13.4. The Morgan fingerprint density at radius 3 is 3.00 bits per heavy atom. The van der Waals surface area contributed by atoms with Gasteiger partial charge in [0, 0.05) is 5.69 Å². The molecular weight excluding hydrogens is 306 g/mol. The van der Waals surface area contributed by atoms with E-state index >= 15 is 0 Å². The quantitative estimate of drug-likeness (QED) is 0.643. The van der Waals surface area contributed by atoms with Crippen LogP contribution in [-0.4, -0.2) is 20.9 Å². The van der Waals surface area contributed by atoms with Gasteiger partial charge in [-0.15, -0.1) is 0 Å². The topological polar surface area (TPSA) is 58.7 Å². The molecule has 19 heavy (non-hydrogen) atoms. The molecule has 2 aromatic rings. The predicted octanol–water partition coefficient (Wildman–Crippen LogP) is 2.69. The maximum Gasteiger partial charge on any atom is 0.176 e. The molecule has 1 heterocycles. The number of hydrogen-bond acceptors (Lipinski definition) is 3. The van der Waals surface area contributed by atoms with Crippen molar-refractivity contribution in [2.24, 2.45) is 0 Å². The zero-order valence-corrected chi connectivity index (χ0v) is 12.0. The van der Waals surface area contributed by atoms with Crippen LogP contribution in [0.4, 0.5) is 0 Å². The summed E-state index contributed by atoms with van der Waals surface area (Å²) in [6.07, 6.45) is 1.59. The number of halogens is 1. The van der Waals surface area contributed by atoms with Crippen molar-refractivity contribution in [1.29, 1.82) is 5.26 Å². The maximum atomic E-state index is 11.7. The van der Waals surface area contributed by atoms with Crippen LogP contribution < -0.4 is 0 Å². The third-order valence-electron chi connectivity index (χ3n) is 2.91. The van der Waals surface area contributed by atoms with Gasteiger partial charge in [-0.1, -0.05) is 28.1 Å². The van der Waals surface area contributed by atoms with E-state index in [1.165, 1.54) is 0 Å². The number of aromatic nitrogens is 2. The van der Waals surface area contributed by atoms with Crippen LogP contribution in [0.5, 0.6) is 0 Å². The van der Waals surface area contributed by atoms with Crippen molar-refractivity contribution >= 4 is 21.7 Å². The number of carbonyl (C=O) groups is 1. The van der Waals surface area contributed by atoms with Crippen molar-refractivity contribution in [1.82, 2.24) is 9.78 Å². The lowest BCUT2D eigenvalue weighted by Crippen LogP contribution is -2.06. The molecule has 0 aliphatic heterocycles. The molecule has 1 aromatic heterocycles. The maximum absolute atomic E-state index is 11.7. The summed E-state index contributed by atoms with van der Waals surface area (Å²) in [6.45, 7) is 2.42. The molecule has 4 nitrogen and oxygen atoms in total. The van der Waals surface area contributed by atoms with Crippen LogP contribution in [0.1, 0.15) is 27.2 Å². The van der Waals surface area contributed by atoms with Gasteiger partial charge < -0.3 is 0 Å². The molecule has 0 bridgehead atoms. The third-order valence-corrected chi connectivity index (χ3v) is 3.42. The molecule has 0 aliphatic rings. The van der Waals surface area contributed by atoms with Crippen molar-refractivity contribution in [3.8, 4) is 6.07 Å². The standard InChI is InChI=1S/C14H12BrN3O/c1-10-13(14(19)6-15)8-17-18(10)9-12-4-2-3-11(5-12)7-16/h2-5,8H,6,9H2,1H3. The molecule has 0 saturated heterocycles. The first-order valence-corrected chi connectivity index (χ1v) is 6.88. The molecule has 0 unspecified atom stereocenters. The van der Waals surface area contributed by atoms with Crippen molar-refractivity contribution in [3.63, 3.8) is 0 Å². The lowest BCUT2D eigenvalue weighted by molar-refractivity contribution is 0.102. The van der Waals surface area contributed by atoms with Crippen LogP contribution in [0.2, 0.25) is 0 Å². The zero-order chi connectivity index (χ0) is 13.8. The minimum Gasteiger partial charge on any atom is -0.293 e. The molecule has 0 radical (unpaired) electrons. The molecule has 0 atom stereocenters. The van der Waals surface area contributed by atoms with E-state index in [0.29, 0.717) is 23.0 Å². The van der Waals surface area contributed by atoms with E-state index in [9.17, 15) is 4.79 Å². The molecule has 96 valence electrons. The van der Waals surface area contributed by atoms with Crippen molar-refractivity contribution in [2.45, 2.75) is 13.5 Å². The smallest absolute Gasteiger partial charge is 0.176 e. The Labute approximate surface area is 119 Å². The number of nitrogens with zero attached hydrogens (tertiary/aromatic N) is 3. The van der Waals surface area contributed by atoms with Crippen LogP contribution in [-0.2, 0) is 6.54 Å². The highest BCUT2D eigenvalue weighted by Gasteiger charge is 2.13. The minimum atomic E-state index is 0.0227. The largest absolute Gasteiger partial charge is 0.293 e. The van der Waals surface area contributed by atoms with Gasteiger partial charge in [0.05, 0.1) is 35.3 Å². The predicted molar refractivity (Wildman–Crippen MR) is 75.3 cm³/mol. The molecule has 2 rings (SSSR count). The highest BCUT2D eigenvalue weighted by atomic mass is 79.9. The average Bonchev–Trinajstić information content (AvgIpc) is 2.80. The van der Waals surface area contributed by atoms with E-state index < -0.39 is 0 Å². The molecule has 0 fully saturated rings. The van der Waals surface area contributed by atoms with E-state index in [4.69, 9.17) is 5.26 Å². The summed E-state index contributed by atoms with van der Waals surface area (Å²) in [7, 11) is 0. The summed E-state index contributed by atoms with van der Waals surface area (Å²) in [5.41, 5.74) is 3.09. The van der Waals surface area contributed by atoms with Gasteiger partial charge in [0.15, 0.2) is 5.78 Å². The highest BCUT2D eigenvalue weighted by Crippen LogP contribution is 2.12. The number of Topliss-reactive ketones (excluding diaryl/α,β-unsaturated/α-hetero) is 1. The monoisotopic (exact) mass is 317 g/mol. The molecule has 5 heteroatoms. The Hall–Kier alpha value is -1.93. The molecule has 0 saturated carbocycles. The fourth-order valence-electron chi connectivity index (χ4n) is 1.86. The fourth-order valence-corrected chi connectivity index (χ4v) is 2.17. The second-order valence-electron chi connectivity index (χ2n) is 4.17. The number of benzene rings is 1. The normalized spacial score (nSPS) is 10.2. The first-order valence-electron chi connectivity index (χ1n) is 5.76. The summed E-state index contributed by atoms with van der Waals surface area (Å²) >= 11 is 3.16. The van der Waals surface area contributed by atoms with Crippen LogP contribution in [0.15, 0.2) is 30.5 Å². The first-order chi connectivity index (χ1) is 9.15. The van der Waals surface area contributed by atoms with Gasteiger partial charge in [-0.2, -0.15) is 10.4 Å².